The summed E-state index contributed by atoms with van der Waals surface area (Å²) in [6.07, 6.45) is 10.7. The number of nitrogens with zero attached hydrogens (tertiary/aromatic N) is 7. The molecule has 0 bridgehead atoms. The molecule has 6 rings (SSSR count). The smallest absolute Gasteiger partial charge is 0.325 e. The maximum atomic E-state index is 13.7. The van der Waals surface area contributed by atoms with Gasteiger partial charge >= 0.3 is 6.03 Å². The summed E-state index contributed by atoms with van der Waals surface area (Å²) >= 11 is 0. The maximum Gasteiger partial charge on any atom is 0.325 e. The fourth-order valence-corrected chi connectivity index (χ4v) is 6.42. The third-order valence-electron chi connectivity index (χ3n) is 9.06. The van der Waals surface area contributed by atoms with E-state index < -0.39 is 12.2 Å². The lowest BCUT2D eigenvalue weighted by atomic mass is 9.96. The lowest BCUT2D eigenvalue weighted by Gasteiger charge is -2.44. The van der Waals surface area contributed by atoms with E-state index in [1.165, 1.54) is 0 Å². The monoisotopic (exact) mass is 707 g/mol. The second-order valence-electron chi connectivity index (χ2n) is 12.5. The Bertz CT molecular complexity index is 1770. The number of rotatable bonds is 8. The van der Waals surface area contributed by atoms with Gasteiger partial charge in [0.2, 0.25) is 11.9 Å². The molecular weight excluding hydrogens is 654 g/mol. The van der Waals surface area contributed by atoms with Crippen LogP contribution in [0, 0.1) is 12.8 Å². The normalized spacial score (nSPS) is 22.0. The van der Waals surface area contributed by atoms with Crippen molar-refractivity contribution in [1.29, 1.82) is 0 Å². The van der Waals surface area contributed by atoms with Gasteiger partial charge in [-0.2, -0.15) is 0 Å². The number of aliphatic imine (C=N–C) groups is 3. The van der Waals surface area contributed by atoms with E-state index in [1.54, 1.807) is 35.0 Å². The van der Waals surface area contributed by atoms with E-state index in [2.05, 4.69) is 27.2 Å². The molecule has 3 unspecified atom stereocenters. The number of amides is 4. The van der Waals surface area contributed by atoms with Gasteiger partial charge < -0.3 is 20.4 Å². The fourth-order valence-electron chi connectivity index (χ4n) is 6.42. The topological polar surface area (TPSA) is 135 Å². The zero-order chi connectivity index (χ0) is 37.9. The molecule has 2 N–H and O–H groups in total. The van der Waals surface area contributed by atoms with E-state index in [1.807, 2.05) is 102 Å². The average molecular weight is 708 g/mol. The highest BCUT2D eigenvalue weighted by atomic mass is 16.2. The second kappa shape index (κ2) is 18.2. The first kappa shape index (κ1) is 39.4. The largest absolute Gasteiger partial charge is 0.349 e. The molecule has 12 heteroatoms. The predicted octanol–water partition coefficient (Wildman–Crippen LogP) is 6.51. The average Bonchev–Trinajstić information content (AvgIpc) is 3.26. The summed E-state index contributed by atoms with van der Waals surface area (Å²) in [5.41, 5.74) is 5.81. The van der Waals surface area contributed by atoms with Crippen molar-refractivity contribution in [2.24, 2.45) is 20.9 Å². The molecule has 1 saturated heterocycles. The molecule has 1 aromatic heterocycles. The molecule has 4 amide bonds. The number of guanidine groups is 1. The highest BCUT2D eigenvalue weighted by Gasteiger charge is 2.41. The van der Waals surface area contributed by atoms with Crippen molar-refractivity contribution in [1.82, 2.24) is 20.1 Å². The number of hydrogen-bond acceptors (Lipinski definition) is 8. The molecule has 52 heavy (non-hydrogen) atoms. The van der Waals surface area contributed by atoms with Crippen LogP contribution < -0.4 is 15.5 Å². The van der Waals surface area contributed by atoms with E-state index >= 15 is 0 Å². The van der Waals surface area contributed by atoms with Crippen molar-refractivity contribution < 1.29 is 14.4 Å². The Morgan fingerprint density at radius 1 is 1.04 bits per heavy atom. The fraction of sp³-hybridized carbons (Fsp3) is 0.425. The van der Waals surface area contributed by atoms with Gasteiger partial charge in [-0.25, -0.2) is 14.8 Å². The molecule has 0 radical (unpaired) electrons. The van der Waals surface area contributed by atoms with E-state index in [9.17, 15) is 14.4 Å². The number of likely N-dealkylation sites (N-methyl/N-ethyl adjacent to an activating group) is 1. The molecule has 1 fully saturated rings. The van der Waals surface area contributed by atoms with Crippen molar-refractivity contribution in [3.63, 3.8) is 0 Å². The minimum absolute atomic E-state index is 0.0876. The number of aromatic nitrogens is 1. The lowest BCUT2D eigenvalue weighted by molar-refractivity contribution is -0.126. The highest BCUT2D eigenvalue weighted by molar-refractivity contribution is 6.13. The molecule has 0 spiro atoms. The van der Waals surface area contributed by atoms with Crippen LogP contribution >= 0.6 is 0 Å². The number of aryl methyl sites for hydroxylation is 1. The molecule has 276 valence electrons. The number of carbonyl (C=O) groups excluding carboxylic acids is 3. The standard InChI is InChI=1S/C36H41N9O3.2C2H6/c1-6-7-11-28-27-10-8-9-12-30(27)43(4)34(47)29(41-28)18-32(46)39-25-15-13-22(2)31(17-25)45-21-24-19-38-35(42-33(24)44(5)36(45)48)40-26-16-14-23(3)37-20-26;2*1-2/h6,8-10,12-14,16-17,19-20,24-25,29,33H,1,7,11,15,18,21H2,2-5H3,(H,39,46)(H,40,42);2*1-2H3/t24?,25?,29-,33?;;/m0../s1. The molecular formula is C40H53N9O3. The number of benzodiazepines with no additional fused rings is 1. The summed E-state index contributed by atoms with van der Waals surface area (Å²) in [6, 6.07) is 10.1. The van der Waals surface area contributed by atoms with Gasteiger partial charge in [-0.15, -0.1) is 6.58 Å². The Labute approximate surface area is 308 Å². The Morgan fingerprint density at radius 3 is 2.50 bits per heavy atom. The van der Waals surface area contributed by atoms with Crippen molar-refractivity contribution in [2.45, 2.75) is 85.5 Å². The van der Waals surface area contributed by atoms with E-state index in [4.69, 9.17) is 9.98 Å². The van der Waals surface area contributed by atoms with Gasteiger partial charge in [0.1, 0.15) is 12.2 Å². The third kappa shape index (κ3) is 8.90. The van der Waals surface area contributed by atoms with E-state index in [0.29, 0.717) is 31.8 Å². The van der Waals surface area contributed by atoms with Crippen LogP contribution in [0.15, 0.2) is 93.6 Å². The third-order valence-corrected chi connectivity index (χ3v) is 9.06. The Hall–Kier alpha value is -5.39. The molecule has 1 aromatic carbocycles. The Balaban J connectivity index is 0.00000146. The van der Waals surface area contributed by atoms with Gasteiger partial charge in [-0.1, -0.05) is 58.0 Å². The van der Waals surface area contributed by atoms with Gasteiger partial charge in [0.15, 0.2) is 0 Å². The number of allylic oxidation sites excluding steroid dienone is 2. The van der Waals surface area contributed by atoms with Gasteiger partial charge in [0.05, 0.1) is 36.0 Å². The number of hydrogen-bond donors (Lipinski definition) is 2. The van der Waals surface area contributed by atoms with Crippen LogP contribution in [0.2, 0.25) is 0 Å². The molecule has 4 atom stereocenters. The first-order valence-corrected chi connectivity index (χ1v) is 18.2. The maximum absolute atomic E-state index is 13.7. The first-order valence-electron chi connectivity index (χ1n) is 18.2. The summed E-state index contributed by atoms with van der Waals surface area (Å²) in [5, 5.41) is 6.25. The molecule has 4 aliphatic rings. The van der Waals surface area contributed by atoms with Crippen molar-refractivity contribution in [3.8, 4) is 0 Å². The number of fused-ring (bicyclic) bond motifs is 2. The predicted molar refractivity (Wildman–Crippen MR) is 211 cm³/mol. The van der Waals surface area contributed by atoms with Gasteiger partial charge in [-0.05, 0) is 63.0 Å². The van der Waals surface area contributed by atoms with Crippen LogP contribution in [0.4, 0.5) is 16.2 Å². The van der Waals surface area contributed by atoms with Crippen molar-refractivity contribution >= 4 is 47.1 Å². The second-order valence-corrected chi connectivity index (χ2v) is 12.5. The molecule has 4 heterocycles. The zero-order valence-electron chi connectivity index (χ0n) is 31.8. The number of benzene rings is 1. The molecule has 2 aromatic rings. The summed E-state index contributed by atoms with van der Waals surface area (Å²) in [5.74, 6) is -0.226. The number of pyridine rings is 1. The summed E-state index contributed by atoms with van der Waals surface area (Å²) in [6.45, 7) is 16.1. The Kier molecular flexibility index (Phi) is 13.8. The van der Waals surface area contributed by atoms with Crippen molar-refractivity contribution in [2.75, 3.05) is 30.9 Å². The van der Waals surface area contributed by atoms with Crippen LogP contribution in [0.5, 0.6) is 0 Å². The van der Waals surface area contributed by atoms with Crippen LogP contribution in [0.1, 0.15) is 71.6 Å². The SMILES string of the molecule is C=CCCC1=N[C@@H](CC(=O)NC2C=C(N3CC4C=NC(Nc5ccc(C)nc5)=NC4N(C)C3=O)C(C)=CC2)C(=O)N(C)c2ccccc21.CC.CC. The van der Waals surface area contributed by atoms with E-state index in [-0.39, 0.29) is 36.2 Å². The van der Waals surface area contributed by atoms with Crippen LogP contribution in [0.3, 0.4) is 0 Å². The van der Waals surface area contributed by atoms with Crippen LogP contribution in [-0.2, 0) is 9.59 Å². The van der Waals surface area contributed by atoms with Gasteiger partial charge in [0.25, 0.3) is 5.91 Å². The summed E-state index contributed by atoms with van der Waals surface area (Å²) < 4.78 is 0. The zero-order valence-corrected chi connectivity index (χ0v) is 31.8. The van der Waals surface area contributed by atoms with Crippen LogP contribution in [-0.4, -0.2) is 89.4 Å². The highest BCUT2D eigenvalue weighted by Crippen LogP contribution is 2.31. The van der Waals surface area contributed by atoms with E-state index in [0.717, 1.165) is 39.6 Å². The van der Waals surface area contributed by atoms with Gasteiger partial charge in [0, 0.05) is 49.5 Å². The first-order chi connectivity index (χ1) is 25.1. The summed E-state index contributed by atoms with van der Waals surface area (Å²) in [7, 11) is 3.46. The number of urea groups is 1. The molecule has 0 saturated carbocycles. The van der Waals surface area contributed by atoms with Gasteiger partial charge in [-0.3, -0.25) is 24.5 Å². The number of carbonyl (C=O) groups is 3. The lowest BCUT2D eigenvalue weighted by Crippen LogP contribution is -2.58. The molecule has 1 aliphatic carbocycles. The summed E-state index contributed by atoms with van der Waals surface area (Å²) in [4.78, 5) is 64.0. The molecule has 12 nitrogen and oxygen atoms in total. The van der Waals surface area contributed by atoms with Crippen LogP contribution in [0.25, 0.3) is 0 Å². The Morgan fingerprint density at radius 2 is 1.79 bits per heavy atom. The number of nitrogens with one attached hydrogen (secondary N) is 2. The quantitative estimate of drug-likeness (QED) is 0.302. The number of para-hydroxylation sites is 1. The molecule has 3 aliphatic heterocycles. The van der Waals surface area contributed by atoms with Crippen molar-refractivity contribution in [3.05, 3.63) is 89.9 Å². The minimum Gasteiger partial charge on any atom is -0.349 e. The number of anilines is 2. The minimum atomic E-state index is -0.853.